The van der Waals surface area contributed by atoms with E-state index in [1.807, 2.05) is 13.8 Å². The average molecular weight is 258 g/mol. The van der Waals surface area contributed by atoms with E-state index in [0.29, 0.717) is 6.42 Å². The molecular formula is C13H26N2O3. The van der Waals surface area contributed by atoms with E-state index in [1.165, 1.54) is 0 Å². The first-order chi connectivity index (χ1) is 8.38. The molecule has 18 heavy (non-hydrogen) atoms. The molecule has 0 aromatic rings. The Kier molecular flexibility index (Phi) is 6.05. The maximum absolute atomic E-state index is 11.1. The minimum Gasteiger partial charge on any atom is -0.480 e. The standard InChI is InChI=1S/C13H26N2O3/c1-9(2)14-12(13(16)17)5-6-15-7-10(3)18-11(4)8-15/h9-12,14H,5-8H2,1-4H3,(H,16,17)/t10-,11+,12?. The third-order valence-electron chi connectivity index (χ3n) is 3.06. The average Bonchev–Trinajstić information content (AvgIpc) is 2.21. The summed E-state index contributed by atoms with van der Waals surface area (Å²) in [7, 11) is 0. The molecule has 1 saturated heterocycles. The third-order valence-corrected chi connectivity index (χ3v) is 3.06. The van der Waals surface area contributed by atoms with Crippen molar-refractivity contribution in [3.8, 4) is 0 Å². The van der Waals surface area contributed by atoms with Gasteiger partial charge < -0.3 is 15.2 Å². The van der Waals surface area contributed by atoms with E-state index in [1.54, 1.807) is 0 Å². The van der Waals surface area contributed by atoms with Crippen LogP contribution in [0.4, 0.5) is 0 Å². The van der Waals surface area contributed by atoms with Crippen LogP contribution in [-0.2, 0) is 9.53 Å². The van der Waals surface area contributed by atoms with E-state index in [0.717, 1.165) is 19.6 Å². The molecule has 0 radical (unpaired) electrons. The molecule has 0 aromatic carbocycles. The predicted molar refractivity (Wildman–Crippen MR) is 70.8 cm³/mol. The molecule has 1 unspecified atom stereocenters. The van der Waals surface area contributed by atoms with Crippen LogP contribution in [0.1, 0.15) is 34.1 Å². The lowest BCUT2D eigenvalue weighted by Crippen LogP contribution is -2.48. The zero-order valence-corrected chi connectivity index (χ0v) is 11.8. The molecule has 1 fully saturated rings. The minimum absolute atomic E-state index is 0.189. The lowest BCUT2D eigenvalue weighted by atomic mass is 10.1. The van der Waals surface area contributed by atoms with E-state index in [4.69, 9.17) is 9.84 Å². The van der Waals surface area contributed by atoms with Crippen molar-refractivity contribution in [1.82, 2.24) is 10.2 Å². The number of rotatable bonds is 6. The van der Waals surface area contributed by atoms with E-state index in [-0.39, 0.29) is 18.2 Å². The molecule has 1 aliphatic heterocycles. The second-order valence-electron chi connectivity index (χ2n) is 5.52. The molecule has 0 bridgehead atoms. The summed E-state index contributed by atoms with van der Waals surface area (Å²) < 4.78 is 5.66. The highest BCUT2D eigenvalue weighted by Gasteiger charge is 2.24. The number of hydrogen-bond donors (Lipinski definition) is 2. The van der Waals surface area contributed by atoms with Gasteiger partial charge in [-0.15, -0.1) is 0 Å². The van der Waals surface area contributed by atoms with Crippen molar-refractivity contribution in [2.24, 2.45) is 0 Å². The Morgan fingerprint density at radius 1 is 1.39 bits per heavy atom. The molecule has 1 aliphatic rings. The van der Waals surface area contributed by atoms with Gasteiger partial charge in [0.05, 0.1) is 12.2 Å². The van der Waals surface area contributed by atoms with Crippen molar-refractivity contribution in [2.75, 3.05) is 19.6 Å². The zero-order chi connectivity index (χ0) is 13.7. The van der Waals surface area contributed by atoms with Crippen LogP contribution in [0.5, 0.6) is 0 Å². The summed E-state index contributed by atoms with van der Waals surface area (Å²) in [5.74, 6) is -0.766. The molecule has 0 aliphatic carbocycles. The summed E-state index contributed by atoms with van der Waals surface area (Å²) in [6.45, 7) is 10.6. The predicted octanol–water partition coefficient (Wildman–Crippen LogP) is 0.937. The van der Waals surface area contributed by atoms with Gasteiger partial charge in [0, 0.05) is 25.7 Å². The Bertz CT molecular complexity index is 261. The Morgan fingerprint density at radius 2 is 1.94 bits per heavy atom. The molecule has 0 aromatic heterocycles. The van der Waals surface area contributed by atoms with Crippen molar-refractivity contribution < 1.29 is 14.6 Å². The first-order valence-corrected chi connectivity index (χ1v) is 6.75. The van der Waals surface area contributed by atoms with Crippen molar-refractivity contribution >= 4 is 5.97 Å². The van der Waals surface area contributed by atoms with Crippen LogP contribution < -0.4 is 5.32 Å². The summed E-state index contributed by atoms with van der Waals surface area (Å²) in [6, 6.07) is -0.271. The number of nitrogens with zero attached hydrogens (tertiary/aromatic N) is 1. The van der Waals surface area contributed by atoms with Crippen LogP contribution in [-0.4, -0.2) is 59.9 Å². The maximum atomic E-state index is 11.1. The first-order valence-electron chi connectivity index (χ1n) is 6.75. The molecule has 2 N–H and O–H groups in total. The Balaban J connectivity index is 2.39. The molecule has 106 valence electrons. The van der Waals surface area contributed by atoms with Crippen molar-refractivity contribution in [2.45, 2.75) is 58.4 Å². The SMILES string of the molecule is CC(C)NC(CCN1C[C@@H](C)O[C@@H](C)C1)C(=O)O. The lowest BCUT2D eigenvalue weighted by Gasteiger charge is -2.35. The van der Waals surface area contributed by atoms with Gasteiger partial charge in [0.1, 0.15) is 6.04 Å². The fourth-order valence-electron chi connectivity index (χ4n) is 2.46. The number of ether oxygens (including phenoxy) is 1. The molecule has 1 rings (SSSR count). The van der Waals surface area contributed by atoms with Gasteiger partial charge in [0.25, 0.3) is 0 Å². The molecule has 3 atom stereocenters. The van der Waals surface area contributed by atoms with Gasteiger partial charge in [-0.3, -0.25) is 9.69 Å². The summed E-state index contributed by atoms with van der Waals surface area (Å²) in [5.41, 5.74) is 0. The highest BCUT2D eigenvalue weighted by molar-refractivity contribution is 5.73. The Hall–Kier alpha value is -0.650. The fourth-order valence-corrected chi connectivity index (χ4v) is 2.46. The van der Waals surface area contributed by atoms with E-state index in [2.05, 4.69) is 24.1 Å². The number of carbonyl (C=O) groups is 1. The molecule has 0 saturated carbocycles. The molecule has 0 spiro atoms. The van der Waals surface area contributed by atoms with E-state index in [9.17, 15) is 4.79 Å². The smallest absolute Gasteiger partial charge is 0.320 e. The van der Waals surface area contributed by atoms with Gasteiger partial charge in [0.15, 0.2) is 0 Å². The summed E-state index contributed by atoms with van der Waals surface area (Å²) in [5, 5.41) is 12.2. The molecule has 0 amide bonds. The molecule has 1 heterocycles. The lowest BCUT2D eigenvalue weighted by molar-refractivity contribution is -0.140. The van der Waals surface area contributed by atoms with E-state index >= 15 is 0 Å². The second kappa shape index (κ2) is 7.07. The topological polar surface area (TPSA) is 61.8 Å². The van der Waals surface area contributed by atoms with E-state index < -0.39 is 12.0 Å². The molecular weight excluding hydrogens is 232 g/mol. The zero-order valence-electron chi connectivity index (χ0n) is 11.8. The van der Waals surface area contributed by atoms with Crippen LogP contribution >= 0.6 is 0 Å². The van der Waals surface area contributed by atoms with Crippen LogP contribution in [0.3, 0.4) is 0 Å². The van der Waals surface area contributed by atoms with Crippen LogP contribution in [0.25, 0.3) is 0 Å². The van der Waals surface area contributed by atoms with Gasteiger partial charge in [-0.05, 0) is 20.3 Å². The summed E-state index contributed by atoms with van der Waals surface area (Å²) >= 11 is 0. The van der Waals surface area contributed by atoms with Gasteiger partial charge in [-0.1, -0.05) is 13.8 Å². The first kappa shape index (κ1) is 15.4. The van der Waals surface area contributed by atoms with Gasteiger partial charge >= 0.3 is 5.97 Å². The monoisotopic (exact) mass is 258 g/mol. The third kappa shape index (κ3) is 5.33. The number of nitrogens with one attached hydrogen (secondary N) is 1. The summed E-state index contributed by atoms with van der Waals surface area (Å²) in [4.78, 5) is 13.4. The Morgan fingerprint density at radius 3 is 2.39 bits per heavy atom. The second-order valence-corrected chi connectivity index (χ2v) is 5.52. The van der Waals surface area contributed by atoms with Gasteiger partial charge in [0.2, 0.25) is 0 Å². The van der Waals surface area contributed by atoms with Crippen LogP contribution in [0, 0.1) is 0 Å². The molecule has 5 nitrogen and oxygen atoms in total. The minimum atomic E-state index is -0.766. The number of carboxylic acid groups (broad SMARTS) is 1. The largest absolute Gasteiger partial charge is 0.480 e. The van der Waals surface area contributed by atoms with Crippen molar-refractivity contribution in [3.63, 3.8) is 0 Å². The van der Waals surface area contributed by atoms with Crippen molar-refractivity contribution in [3.05, 3.63) is 0 Å². The maximum Gasteiger partial charge on any atom is 0.320 e. The fraction of sp³-hybridized carbons (Fsp3) is 0.923. The normalized spacial score (nSPS) is 27.4. The van der Waals surface area contributed by atoms with Crippen LogP contribution in [0.15, 0.2) is 0 Å². The van der Waals surface area contributed by atoms with Gasteiger partial charge in [-0.2, -0.15) is 0 Å². The Labute approximate surface area is 109 Å². The van der Waals surface area contributed by atoms with Crippen molar-refractivity contribution in [1.29, 1.82) is 0 Å². The number of morpholine rings is 1. The quantitative estimate of drug-likeness (QED) is 0.742. The van der Waals surface area contributed by atoms with Gasteiger partial charge in [-0.25, -0.2) is 0 Å². The molecule has 5 heteroatoms. The highest BCUT2D eigenvalue weighted by Crippen LogP contribution is 2.11. The number of carboxylic acids is 1. The number of aliphatic carboxylic acids is 1. The highest BCUT2D eigenvalue weighted by atomic mass is 16.5. The number of hydrogen-bond acceptors (Lipinski definition) is 4. The summed E-state index contributed by atoms with van der Waals surface area (Å²) in [6.07, 6.45) is 1.10. The van der Waals surface area contributed by atoms with Crippen LogP contribution in [0.2, 0.25) is 0 Å².